The van der Waals surface area contributed by atoms with Gasteiger partial charge in [-0.3, -0.25) is 0 Å². The number of anilines is 1. The molecule has 0 aliphatic heterocycles. The van der Waals surface area contributed by atoms with Crippen molar-refractivity contribution in [3.63, 3.8) is 0 Å². The standard InChI is InChI=1S/C13H11Cl2N3S/c14-10-2-4-11(5-3-10)18-13(19)17-8-9-1-6-12(15)16-7-9/h1-7H,8H2,(H2,17,18,19). The number of halogens is 2. The number of nitrogens with one attached hydrogen (secondary N) is 2. The van der Waals surface area contributed by atoms with Crippen LogP contribution < -0.4 is 10.6 Å². The van der Waals surface area contributed by atoms with Gasteiger partial charge < -0.3 is 10.6 Å². The number of benzene rings is 1. The Bertz CT molecular complexity index is 555. The summed E-state index contributed by atoms with van der Waals surface area (Å²) in [7, 11) is 0. The topological polar surface area (TPSA) is 37.0 Å². The van der Waals surface area contributed by atoms with E-state index in [0.717, 1.165) is 11.3 Å². The highest BCUT2D eigenvalue weighted by Crippen LogP contribution is 2.13. The van der Waals surface area contributed by atoms with E-state index in [1.165, 1.54) is 0 Å². The molecule has 0 radical (unpaired) electrons. The summed E-state index contributed by atoms with van der Waals surface area (Å²) in [6.45, 7) is 0.587. The lowest BCUT2D eigenvalue weighted by Gasteiger charge is -2.10. The van der Waals surface area contributed by atoms with Gasteiger partial charge in [0, 0.05) is 23.5 Å². The number of aromatic nitrogens is 1. The number of hydrogen-bond acceptors (Lipinski definition) is 2. The number of thiocarbonyl (C=S) groups is 1. The van der Waals surface area contributed by atoms with Crippen LogP contribution in [0.15, 0.2) is 42.6 Å². The molecule has 19 heavy (non-hydrogen) atoms. The minimum Gasteiger partial charge on any atom is -0.358 e. The summed E-state index contributed by atoms with van der Waals surface area (Å²) in [4.78, 5) is 4.00. The predicted molar refractivity (Wildman–Crippen MR) is 83.8 cm³/mol. The highest BCUT2D eigenvalue weighted by Gasteiger charge is 1.99. The lowest BCUT2D eigenvalue weighted by atomic mass is 10.3. The van der Waals surface area contributed by atoms with Crippen LogP contribution in [0.1, 0.15) is 5.56 Å². The normalized spacial score (nSPS) is 10.0. The van der Waals surface area contributed by atoms with Gasteiger partial charge in [0.2, 0.25) is 0 Å². The Morgan fingerprint density at radius 1 is 1.11 bits per heavy atom. The fourth-order valence-electron chi connectivity index (χ4n) is 1.40. The van der Waals surface area contributed by atoms with Crippen LogP contribution in [0.2, 0.25) is 10.2 Å². The molecule has 0 aliphatic carbocycles. The summed E-state index contributed by atoms with van der Waals surface area (Å²) in [5.41, 5.74) is 1.89. The molecular formula is C13H11Cl2N3S. The van der Waals surface area contributed by atoms with Crippen molar-refractivity contribution in [2.75, 3.05) is 5.32 Å². The molecule has 0 amide bonds. The van der Waals surface area contributed by atoms with E-state index in [0.29, 0.717) is 21.8 Å². The van der Waals surface area contributed by atoms with Gasteiger partial charge in [-0.1, -0.05) is 29.3 Å². The first-order valence-corrected chi connectivity index (χ1v) is 6.71. The summed E-state index contributed by atoms with van der Waals surface area (Å²) in [6.07, 6.45) is 1.71. The lowest BCUT2D eigenvalue weighted by molar-refractivity contribution is 0.917. The van der Waals surface area contributed by atoms with Crippen molar-refractivity contribution in [2.45, 2.75) is 6.54 Å². The van der Waals surface area contributed by atoms with Crippen LogP contribution in [0.3, 0.4) is 0 Å². The minimum absolute atomic E-state index is 0.477. The van der Waals surface area contributed by atoms with E-state index < -0.39 is 0 Å². The molecule has 0 bridgehead atoms. The molecule has 1 aromatic carbocycles. The molecule has 0 spiro atoms. The molecule has 0 unspecified atom stereocenters. The second-order valence-electron chi connectivity index (χ2n) is 3.80. The van der Waals surface area contributed by atoms with Crippen LogP contribution in [0, 0.1) is 0 Å². The minimum atomic E-state index is 0.477. The zero-order chi connectivity index (χ0) is 13.7. The third kappa shape index (κ3) is 4.67. The average molecular weight is 312 g/mol. The Morgan fingerprint density at radius 3 is 2.47 bits per heavy atom. The van der Waals surface area contributed by atoms with Gasteiger partial charge in [-0.05, 0) is 48.1 Å². The van der Waals surface area contributed by atoms with E-state index >= 15 is 0 Å². The third-order valence-electron chi connectivity index (χ3n) is 2.34. The van der Waals surface area contributed by atoms with E-state index in [4.69, 9.17) is 35.4 Å². The molecule has 2 rings (SSSR count). The van der Waals surface area contributed by atoms with Crippen molar-refractivity contribution in [3.05, 3.63) is 58.3 Å². The van der Waals surface area contributed by atoms with Crippen molar-refractivity contribution < 1.29 is 0 Å². The Hall–Kier alpha value is -1.36. The monoisotopic (exact) mass is 311 g/mol. The van der Waals surface area contributed by atoms with Crippen LogP contribution in [0.4, 0.5) is 5.69 Å². The zero-order valence-corrected chi connectivity index (χ0v) is 12.2. The van der Waals surface area contributed by atoms with Crippen LogP contribution in [-0.2, 0) is 6.54 Å². The molecule has 98 valence electrons. The quantitative estimate of drug-likeness (QED) is 0.666. The number of pyridine rings is 1. The van der Waals surface area contributed by atoms with Crippen molar-refractivity contribution >= 4 is 46.2 Å². The fraction of sp³-hybridized carbons (Fsp3) is 0.0769. The van der Waals surface area contributed by atoms with E-state index in [9.17, 15) is 0 Å². The van der Waals surface area contributed by atoms with Crippen molar-refractivity contribution in [3.8, 4) is 0 Å². The summed E-state index contributed by atoms with van der Waals surface area (Å²) >= 11 is 16.7. The van der Waals surface area contributed by atoms with Crippen molar-refractivity contribution in [1.82, 2.24) is 10.3 Å². The van der Waals surface area contributed by atoms with Crippen LogP contribution in [0.25, 0.3) is 0 Å². The summed E-state index contributed by atoms with van der Waals surface area (Å²) in [6, 6.07) is 11.0. The lowest BCUT2D eigenvalue weighted by Crippen LogP contribution is -2.27. The molecule has 2 N–H and O–H groups in total. The summed E-state index contributed by atoms with van der Waals surface area (Å²) in [5.74, 6) is 0. The molecule has 0 saturated carbocycles. The SMILES string of the molecule is S=C(NCc1ccc(Cl)nc1)Nc1ccc(Cl)cc1. The van der Waals surface area contributed by atoms with Gasteiger partial charge in [0.05, 0.1) is 0 Å². The van der Waals surface area contributed by atoms with Gasteiger partial charge in [0.15, 0.2) is 5.11 Å². The summed E-state index contributed by atoms with van der Waals surface area (Å²) < 4.78 is 0. The maximum atomic E-state index is 5.81. The van der Waals surface area contributed by atoms with Gasteiger partial charge in [-0.15, -0.1) is 0 Å². The molecule has 6 heteroatoms. The van der Waals surface area contributed by atoms with Crippen molar-refractivity contribution in [2.24, 2.45) is 0 Å². The molecule has 0 aliphatic rings. The van der Waals surface area contributed by atoms with E-state index in [1.54, 1.807) is 24.4 Å². The largest absolute Gasteiger partial charge is 0.358 e. The average Bonchev–Trinajstić information content (AvgIpc) is 2.41. The molecule has 3 nitrogen and oxygen atoms in total. The first-order valence-electron chi connectivity index (χ1n) is 5.54. The Kier molecular flexibility index (Phi) is 4.96. The van der Waals surface area contributed by atoms with Crippen LogP contribution >= 0.6 is 35.4 Å². The van der Waals surface area contributed by atoms with Gasteiger partial charge >= 0.3 is 0 Å². The third-order valence-corrected chi connectivity index (χ3v) is 3.07. The number of hydrogen-bond donors (Lipinski definition) is 2. The molecule has 0 saturated heterocycles. The highest BCUT2D eigenvalue weighted by molar-refractivity contribution is 7.80. The van der Waals surface area contributed by atoms with Crippen molar-refractivity contribution in [1.29, 1.82) is 0 Å². The van der Waals surface area contributed by atoms with E-state index in [1.807, 2.05) is 18.2 Å². The van der Waals surface area contributed by atoms with E-state index in [-0.39, 0.29) is 0 Å². The molecule has 1 heterocycles. The van der Waals surface area contributed by atoms with Gasteiger partial charge in [0.25, 0.3) is 0 Å². The fourth-order valence-corrected chi connectivity index (χ4v) is 1.83. The number of nitrogens with zero attached hydrogens (tertiary/aromatic N) is 1. The second kappa shape index (κ2) is 6.70. The molecule has 0 fully saturated rings. The van der Waals surface area contributed by atoms with Gasteiger partial charge in [-0.2, -0.15) is 0 Å². The maximum absolute atomic E-state index is 5.81. The smallest absolute Gasteiger partial charge is 0.171 e. The van der Waals surface area contributed by atoms with Gasteiger partial charge in [0.1, 0.15) is 5.15 Å². The number of rotatable bonds is 3. The Labute approximate surface area is 127 Å². The molecule has 0 atom stereocenters. The molecular weight excluding hydrogens is 301 g/mol. The Morgan fingerprint density at radius 2 is 1.84 bits per heavy atom. The first-order chi connectivity index (χ1) is 9.13. The Balaban J connectivity index is 1.84. The van der Waals surface area contributed by atoms with Crippen LogP contribution in [-0.4, -0.2) is 10.1 Å². The summed E-state index contributed by atoms with van der Waals surface area (Å²) in [5, 5.41) is 7.86. The maximum Gasteiger partial charge on any atom is 0.171 e. The van der Waals surface area contributed by atoms with Gasteiger partial charge in [-0.25, -0.2) is 4.98 Å². The van der Waals surface area contributed by atoms with Crippen LogP contribution in [0.5, 0.6) is 0 Å². The first kappa shape index (κ1) is 14.1. The molecule has 2 aromatic rings. The second-order valence-corrected chi connectivity index (χ2v) is 5.04. The zero-order valence-electron chi connectivity index (χ0n) is 9.86. The predicted octanol–water partition coefficient (Wildman–Crippen LogP) is 3.88. The molecule has 1 aromatic heterocycles. The highest BCUT2D eigenvalue weighted by atomic mass is 35.5. The van der Waals surface area contributed by atoms with E-state index in [2.05, 4.69) is 15.6 Å².